The van der Waals surface area contributed by atoms with Crippen molar-refractivity contribution in [1.29, 1.82) is 0 Å². The molecule has 374 valence electrons. The van der Waals surface area contributed by atoms with Crippen LogP contribution < -0.4 is 10.6 Å². The fourth-order valence-corrected chi connectivity index (χ4v) is 7.83. The highest BCUT2D eigenvalue weighted by Crippen LogP contribution is 2.30. The fourth-order valence-electron chi connectivity index (χ4n) is 5.54. The first-order chi connectivity index (χ1) is 31.1. The zero-order valence-electron chi connectivity index (χ0n) is 38.8. The maximum atomic E-state index is 13.1. The summed E-state index contributed by atoms with van der Waals surface area (Å²) >= 11 is 18.0. The number of rotatable bonds is 32. The Morgan fingerprint density at radius 2 is 0.727 bits per heavy atom. The van der Waals surface area contributed by atoms with E-state index >= 15 is 0 Å². The predicted octanol–water partition coefficient (Wildman–Crippen LogP) is 7.15. The van der Waals surface area contributed by atoms with Crippen molar-refractivity contribution in [2.45, 2.75) is 104 Å². The van der Waals surface area contributed by atoms with Gasteiger partial charge in [-0.3, -0.25) is 38.4 Å². The number of ether oxygens (including phenoxy) is 6. The third kappa shape index (κ3) is 24.4. The summed E-state index contributed by atoms with van der Waals surface area (Å²) in [5.41, 5.74) is -2.14. The molecule has 0 bridgehead atoms. The van der Waals surface area contributed by atoms with Crippen LogP contribution in [-0.2, 0) is 68.3 Å². The van der Waals surface area contributed by atoms with Crippen molar-refractivity contribution < 1.29 is 66.8 Å². The van der Waals surface area contributed by atoms with Gasteiger partial charge in [-0.05, 0) is 51.7 Å². The first-order valence-corrected chi connectivity index (χ1v) is 26.0. The van der Waals surface area contributed by atoms with Crippen molar-refractivity contribution in [3.05, 3.63) is 35.4 Å². The molecule has 0 aliphatic rings. The average Bonchev–Trinajstić information content (AvgIpc) is 3.26. The molecule has 0 atom stereocenters. The molecule has 1 aromatic rings. The lowest BCUT2D eigenvalue weighted by Gasteiger charge is -2.31. The van der Waals surface area contributed by atoms with Crippen molar-refractivity contribution in [2.75, 3.05) is 74.2 Å². The van der Waals surface area contributed by atoms with Gasteiger partial charge in [0.05, 0.1) is 60.4 Å². The highest BCUT2D eigenvalue weighted by atomic mass is 32.2. The van der Waals surface area contributed by atoms with Crippen molar-refractivity contribution in [2.24, 2.45) is 10.8 Å². The summed E-state index contributed by atoms with van der Waals surface area (Å²) in [6.07, 6.45) is 0.932. The van der Waals surface area contributed by atoms with E-state index in [-0.39, 0.29) is 100 Å². The molecule has 2 N–H and O–H groups in total. The number of carbonyl (C=O) groups is 8. The Hall–Kier alpha value is -2.92. The minimum absolute atomic E-state index is 0.0918. The van der Waals surface area contributed by atoms with Gasteiger partial charge in [-0.25, -0.2) is 0 Å². The maximum absolute atomic E-state index is 13.1. The topological polar surface area (TPSA) is 216 Å². The van der Waals surface area contributed by atoms with Crippen molar-refractivity contribution in [3.8, 4) is 0 Å². The van der Waals surface area contributed by atoms with Crippen molar-refractivity contribution in [1.82, 2.24) is 10.6 Å². The molecular formula is C44H68N2O14S6. The normalized spacial score (nSPS) is 11.8. The van der Waals surface area contributed by atoms with Crippen LogP contribution >= 0.6 is 74.0 Å². The number of carbonyl (C=O) groups excluding carboxylic acids is 8. The monoisotopic (exact) mass is 1040 g/mol. The lowest BCUT2D eigenvalue weighted by atomic mass is 9.87. The number of thiol groups is 4. The van der Waals surface area contributed by atoms with Gasteiger partial charge >= 0.3 is 35.8 Å². The molecule has 0 aliphatic carbocycles. The Kier molecular flexibility index (Phi) is 29.6. The summed E-state index contributed by atoms with van der Waals surface area (Å²) in [6.45, 7) is 10.0. The first kappa shape index (κ1) is 61.1. The predicted molar refractivity (Wildman–Crippen MR) is 269 cm³/mol. The van der Waals surface area contributed by atoms with Crippen molar-refractivity contribution >= 4 is 120 Å². The van der Waals surface area contributed by atoms with Crippen LogP contribution in [0.2, 0.25) is 0 Å². The van der Waals surface area contributed by atoms with Crippen LogP contribution in [0.25, 0.3) is 0 Å². The van der Waals surface area contributed by atoms with E-state index in [1.165, 1.54) is 0 Å². The van der Waals surface area contributed by atoms with Gasteiger partial charge in [0.1, 0.15) is 39.6 Å². The lowest BCUT2D eigenvalue weighted by molar-refractivity contribution is -0.164. The second kappa shape index (κ2) is 32.0. The van der Waals surface area contributed by atoms with E-state index in [1.54, 1.807) is 13.8 Å². The number of thioether (sulfide) groups is 2. The van der Waals surface area contributed by atoms with E-state index in [0.717, 1.165) is 34.7 Å². The molecule has 0 saturated carbocycles. The summed E-state index contributed by atoms with van der Waals surface area (Å²) in [7, 11) is 0. The molecule has 0 fully saturated rings. The SMILES string of the molecule is CCC(COC(=O)CCS)(COC(=O)CCS)COC(=O)CCSC(=O)NC(C)(C)c1cccc(C(C)(C)NC(=O)SCCC(=O)OCC(CC)(COC(=O)CCS)COC(=O)CCS)c1. The molecule has 0 heterocycles. The van der Waals surface area contributed by atoms with E-state index < -0.39 is 57.7 Å². The lowest BCUT2D eigenvalue weighted by Crippen LogP contribution is -2.41. The molecule has 0 saturated heterocycles. The highest BCUT2D eigenvalue weighted by Gasteiger charge is 2.36. The maximum Gasteiger partial charge on any atom is 0.306 e. The smallest absolute Gasteiger partial charge is 0.306 e. The molecule has 0 unspecified atom stereocenters. The second-order valence-electron chi connectivity index (χ2n) is 16.4. The summed E-state index contributed by atoms with van der Waals surface area (Å²) in [5, 5.41) is 5.21. The van der Waals surface area contributed by atoms with Gasteiger partial charge in [-0.2, -0.15) is 50.5 Å². The number of esters is 6. The van der Waals surface area contributed by atoms with E-state index in [0.29, 0.717) is 35.9 Å². The standard InChI is InChI=1S/C44H68N2O14S6/c1-7-43(25-55-33(47)12-18-61,26-56-34(48)13-19-62)29-59-37(51)16-22-65-39(53)45-41(3,4)31-10-9-11-32(24-31)42(5,6)46-40(54)66-23-17-38(52)60-30-44(8-2,27-57-35(49)14-20-63)28-58-36(50)15-21-64/h9-11,24,61-64H,7-8,12-23,25-30H2,1-6H3,(H,45,53)(H,46,54). The van der Waals surface area contributed by atoms with Gasteiger partial charge < -0.3 is 39.1 Å². The third-order valence-electron chi connectivity index (χ3n) is 10.2. The molecule has 2 amide bonds. The van der Waals surface area contributed by atoms with Gasteiger partial charge in [0, 0.05) is 34.5 Å². The quantitative estimate of drug-likeness (QED) is 0.0240. The Balaban J connectivity index is 2.77. The number of amides is 2. The van der Waals surface area contributed by atoms with Gasteiger partial charge in [0.2, 0.25) is 0 Å². The van der Waals surface area contributed by atoms with Crippen LogP contribution in [0.15, 0.2) is 24.3 Å². The van der Waals surface area contributed by atoms with Crippen LogP contribution in [0.4, 0.5) is 9.59 Å². The van der Waals surface area contributed by atoms with Gasteiger partial charge in [0.15, 0.2) is 0 Å². The minimum Gasteiger partial charge on any atom is -0.465 e. The Bertz CT molecular complexity index is 1580. The van der Waals surface area contributed by atoms with Crippen LogP contribution in [0.1, 0.15) is 104 Å². The van der Waals surface area contributed by atoms with E-state index in [1.807, 2.05) is 52.0 Å². The minimum atomic E-state index is -0.964. The molecule has 0 spiro atoms. The van der Waals surface area contributed by atoms with Crippen LogP contribution in [0.5, 0.6) is 0 Å². The first-order valence-electron chi connectivity index (χ1n) is 21.5. The summed E-state index contributed by atoms with van der Waals surface area (Å²) in [4.78, 5) is 99.9. The molecule has 0 aromatic heterocycles. The highest BCUT2D eigenvalue weighted by molar-refractivity contribution is 8.13. The molecule has 0 aliphatic heterocycles. The second-order valence-corrected chi connectivity index (χ2v) is 20.3. The van der Waals surface area contributed by atoms with E-state index in [4.69, 9.17) is 28.4 Å². The van der Waals surface area contributed by atoms with E-state index in [2.05, 4.69) is 61.1 Å². The van der Waals surface area contributed by atoms with Crippen LogP contribution in [0, 0.1) is 10.8 Å². The number of hydrogen-bond donors (Lipinski definition) is 6. The zero-order chi connectivity index (χ0) is 49.8. The summed E-state index contributed by atoms with van der Waals surface area (Å²) in [5.74, 6) is -1.65. The van der Waals surface area contributed by atoms with Crippen LogP contribution in [0.3, 0.4) is 0 Å². The molecule has 66 heavy (non-hydrogen) atoms. The zero-order valence-corrected chi connectivity index (χ0v) is 44.0. The number of hydrogen-bond acceptors (Lipinski definition) is 20. The number of nitrogens with one attached hydrogen (secondary N) is 2. The molecule has 22 heteroatoms. The van der Waals surface area contributed by atoms with Gasteiger partial charge in [0.25, 0.3) is 10.5 Å². The van der Waals surface area contributed by atoms with E-state index in [9.17, 15) is 38.4 Å². The fraction of sp³-hybridized carbons (Fsp3) is 0.682. The number of benzene rings is 1. The molecule has 16 nitrogen and oxygen atoms in total. The largest absolute Gasteiger partial charge is 0.465 e. The molecule has 1 aromatic carbocycles. The Morgan fingerprint density at radius 1 is 0.470 bits per heavy atom. The average molecular weight is 1040 g/mol. The summed E-state index contributed by atoms with van der Waals surface area (Å²) in [6, 6.07) is 7.39. The third-order valence-corrected chi connectivity index (χ3v) is 12.7. The Labute approximate surface area is 419 Å². The summed E-state index contributed by atoms with van der Waals surface area (Å²) < 4.78 is 32.5. The van der Waals surface area contributed by atoms with Gasteiger partial charge in [-0.1, -0.05) is 61.6 Å². The molecule has 0 radical (unpaired) electrons. The molecule has 1 rings (SSSR count). The van der Waals surface area contributed by atoms with Crippen molar-refractivity contribution in [3.63, 3.8) is 0 Å². The Morgan fingerprint density at radius 3 is 0.970 bits per heavy atom. The molecular weight excluding hydrogens is 973 g/mol. The van der Waals surface area contributed by atoms with Gasteiger partial charge in [-0.15, -0.1) is 0 Å². The van der Waals surface area contributed by atoms with Crippen LogP contribution in [-0.4, -0.2) is 120 Å².